The average molecular weight is 619 g/mol. The molecule has 0 spiro atoms. The minimum atomic E-state index is -0.912. The van der Waals surface area contributed by atoms with Gasteiger partial charge >= 0.3 is 6.09 Å². The number of carbonyl (C=O) groups excluding carboxylic acids is 1. The molecular formula is C29H34BrF2N5O3. The Morgan fingerprint density at radius 2 is 1.98 bits per heavy atom. The molecule has 8 nitrogen and oxygen atoms in total. The summed E-state index contributed by atoms with van der Waals surface area (Å²) in [4.78, 5) is 23.6. The Kier molecular flexibility index (Phi) is 6.85. The number of hydrogen-bond donors (Lipinski definition) is 0. The number of nitriles is 1. The van der Waals surface area contributed by atoms with Crippen molar-refractivity contribution in [1.29, 1.82) is 5.26 Å². The molecule has 6 rings (SSSR count). The molecule has 4 fully saturated rings. The minimum Gasteiger partial charge on any atom is -0.475 e. The number of carbonyl (C=O) groups is 1. The molecule has 0 radical (unpaired) electrons. The highest BCUT2D eigenvalue weighted by Crippen LogP contribution is 2.44. The first-order valence-corrected chi connectivity index (χ1v) is 14.8. The van der Waals surface area contributed by atoms with Gasteiger partial charge in [-0.2, -0.15) is 5.26 Å². The van der Waals surface area contributed by atoms with E-state index in [1.165, 1.54) is 0 Å². The molecule has 0 aliphatic carbocycles. The first kappa shape index (κ1) is 27.5. The number of piperazine rings is 1. The van der Waals surface area contributed by atoms with E-state index >= 15 is 4.39 Å². The lowest BCUT2D eigenvalue weighted by Gasteiger charge is -2.42. The number of nitrogens with zero attached hydrogens (tertiary/aromatic N) is 5. The van der Waals surface area contributed by atoms with Crippen LogP contribution in [0.3, 0.4) is 0 Å². The predicted octanol–water partition coefficient (Wildman–Crippen LogP) is 5.55. The Morgan fingerprint density at radius 1 is 1.25 bits per heavy atom. The molecule has 1 aromatic carbocycles. The van der Waals surface area contributed by atoms with E-state index in [9.17, 15) is 14.4 Å². The summed E-state index contributed by atoms with van der Waals surface area (Å²) < 4.78 is 42.0. The van der Waals surface area contributed by atoms with Crippen LogP contribution in [0.4, 0.5) is 19.3 Å². The SMILES string of the molecule is CC(C)(C)OC(=O)N1C2CCC1CN(c1c(C#N)c(OCC34CCCN3C[C@H](F)C4)nc3c(F)c(Br)ccc13)C2. The van der Waals surface area contributed by atoms with Crippen LogP contribution in [0.2, 0.25) is 0 Å². The molecule has 4 atom stereocenters. The molecule has 1 aromatic heterocycles. The van der Waals surface area contributed by atoms with Crippen molar-refractivity contribution in [2.75, 3.05) is 37.7 Å². The third-order valence-electron chi connectivity index (χ3n) is 8.74. The molecule has 11 heteroatoms. The van der Waals surface area contributed by atoms with Gasteiger partial charge in [0, 0.05) is 31.4 Å². The van der Waals surface area contributed by atoms with E-state index < -0.39 is 23.1 Å². The number of alkyl halides is 1. The molecular weight excluding hydrogens is 584 g/mol. The van der Waals surface area contributed by atoms with Crippen LogP contribution < -0.4 is 9.64 Å². The second-order valence-electron chi connectivity index (χ2n) is 12.6. The van der Waals surface area contributed by atoms with Crippen molar-refractivity contribution < 1.29 is 23.0 Å². The van der Waals surface area contributed by atoms with Gasteiger partial charge in [-0.1, -0.05) is 0 Å². The monoisotopic (exact) mass is 617 g/mol. The number of hydrogen-bond acceptors (Lipinski definition) is 7. The number of fused-ring (bicyclic) bond motifs is 4. The van der Waals surface area contributed by atoms with E-state index in [1.54, 1.807) is 12.1 Å². The highest BCUT2D eigenvalue weighted by atomic mass is 79.9. The lowest BCUT2D eigenvalue weighted by atomic mass is 9.95. The molecule has 4 aliphatic rings. The first-order chi connectivity index (χ1) is 19.0. The van der Waals surface area contributed by atoms with Crippen LogP contribution in [0.25, 0.3) is 10.9 Å². The summed E-state index contributed by atoms with van der Waals surface area (Å²) in [5, 5.41) is 10.9. The molecule has 5 heterocycles. The van der Waals surface area contributed by atoms with Crippen molar-refractivity contribution in [1.82, 2.24) is 14.8 Å². The van der Waals surface area contributed by atoms with E-state index in [4.69, 9.17) is 9.47 Å². The van der Waals surface area contributed by atoms with Gasteiger partial charge in [0.15, 0.2) is 5.82 Å². The number of benzene rings is 1. The standard InChI is InChI=1S/C29H34BrF2N5O3/c1-28(2,3)40-27(38)37-18-5-6-19(37)15-35(14-18)25-20-7-8-22(30)23(32)24(20)34-26(21(25)12-33)39-16-29-9-4-10-36(29)13-17(31)11-29/h7-8,17-19H,4-6,9-11,13-16H2,1-3H3/t17-,18?,19?,29?/m1/s1. The quantitative estimate of drug-likeness (QED) is 0.445. The zero-order valence-corrected chi connectivity index (χ0v) is 24.6. The summed E-state index contributed by atoms with van der Waals surface area (Å²) in [6.07, 6.45) is 2.54. The lowest BCUT2D eigenvalue weighted by Crippen LogP contribution is -2.57. The van der Waals surface area contributed by atoms with E-state index in [0.717, 1.165) is 32.2 Å². The number of ether oxygens (including phenoxy) is 2. The molecule has 40 heavy (non-hydrogen) atoms. The van der Waals surface area contributed by atoms with Crippen molar-refractivity contribution in [3.63, 3.8) is 0 Å². The van der Waals surface area contributed by atoms with Gasteiger partial charge in [0.25, 0.3) is 0 Å². The molecule has 0 N–H and O–H groups in total. The van der Waals surface area contributed by atoms with Gasteiger partial charge in [0.05, 0.1) is 27.8 Å². The van der Waals surface area contributed by atoms with Gasteiger partial charge in [-0.25, -0.2) is 18.6 Å². The molecule has 214 valence electrons. The molecule has 2 bridgehead atoms. The number of rotatable bonds is 4. The van der Waals surface area contributed by atoms with Crippen LogP contribution in [-0.2, 0) is 4.74 Å². The summed E-state index contributed by atoms with van der Waals surface area (Å²) in [5.41, 5.74) is -0.136. The Labute approximate surface area is 241 Å². The van der Waals surface area contributed by atoms with Crippen LogP contribution >= 0.6 is 15.9 Å². The fourth-order valence-electron chi connectivity index (χ4n) is 7.12. The van der Waals surface area contributed by atoms with E-state index in [-0.39, 0.29) is 46.2 Å². The zero-order valence-electron chi connectivity index (χ0n) is 23.1. The fourth-order valence-corrected chi connectivity index (χ4v) is 7.44. The van der Waals surface area contributed by atoms with E-state index in [1.807, 2.05) is 25.7 Å². The summed E-state index contributed by atoms with van der Waals surface area (Å²) >= 11 is 3.27. The van der Waals surface area contributed by atoms with Gasteiger partial charge in [0.1, 0.15) is 35.5 Å². The Morgan fingerprint density at radius 3 is 2.65 bits per heavy atom. The summed E-state index contributed by atoms with van der Waals surface area (Å²) in [6.45, 7) is 7.89. The Balaban J connectivity index is 1.37. The smallest absolute Gasteiger partial charge is 0.410 e. The van der Waals surface area contributed by atoms with Crippen molar-refractivity contribution >= 4 is 38.6 Å². The Hall–Kier alpha value is -2.71. The van der Waals surface area contributed by atoms with E-state index in [0.29, 0.717) is 37.1 Å². The summed E-state index contributed by atoms with van der Waals surface area (Å²) in [5.74, 6) is -0.471. The van der Waals surface area contributed by atoms with Crippen LogP contribution in [0.15, 0.2) is 16.6 Å². The molecule has 1 amide bonds. The maximum absolute atomic E-state index is 15.5. The lowest BCUT2D eigenvalue weighted by molar-refractivity contribution is 0.0123. The van der Waals surface area contributed by atoms with Crippen LogP contribution in [0.1, 0.15) is 58.4 Å². The molecule has 2 aromatic rings. The highest BCUT2D eigenvalue weighted by molar-refractivity contribution is 9.10. The third kappa shape index (κ3) is 4.67. The molecule has 4 aliphatic heterocycles. The van der Waals surface area contributed by atoms with Gasteiger partial charge in [-0.3, -0.25) is 9.80 Å². The van der Waals surface area contributed by atoms with Crippen LogP contribution in [0, 0.1) is 17.1 Å². The van der Waals surface area contributed by atoms with Crippen molar-refractivity contribution in [3.05, 3.63) is 28.0 Å². The largest absolute Gasteiger partial charge is 0.475 e. The second-order valence-corrected chi connectivity index (χ2v) is 13.4. The number of anilines is 1. The normalized spacial score (nSPS) is 28.2. The maximum atomic E-state index is 15.5. The summed E-state index contributed by atoms with van der Waals surface area (Å²) in [6, 6.07) is 5.47. The van der Waals surface area contributed by atoms with Gasteiger partial charge < -0.3 is 14.4 Å². The summed E-state index contributed by atoms with van der Waals surface area (Å²) in [7, 11) is 0. The van der Waals surface area contributed by atoms with Crippen molar-refractivity contribution in [2.45, 2.75) is 82.3 Å². The minimum absolute atomic E-state index is 0.0625. The topological polar surface area (TPSA) is 81.9 Å². The second kappa shape index (κ2) is 9.98. The van der Waals surface area contributed by atoms with Gasteiger partial charge in [-0.15, -0.1) is 0 Å². The number of halogens is 3. The number of pyridine rings is 1. The van der Waals surface area contributed by atoms with Crippen molar-refractivity contribution in [3.8, 4) is 11.9 Å². The van der Waals surface area contributed by atoms with E-state index in [2.05, 4.69) is 36.8 Å². The average Bonchev–Trinajstić information content (AvgIpc) is 3.50. The fraction of sp³-hybridized carbons (Fsp3) is 0.621. The number of amides is 1. The molecule has 0 saturated carbocycles. The highest BCUT2D eigenvalue weighted by Gasteiger charge is 2.50. The molecule has 4 saturated heterocycles. The van der Waals surface area contributed by atoms with Crippen LogP contribution in [-0.4, -0.2) is 83.1 Å². The zero-order chi connectivity index (χ0) is 28.4. The molecule has 3 unspecified atom stereocenters. The Bertz CT molecular complexity index is 1380. The van der Waals surface area contributed by atoms with Gasteiger partial charge in [0.2, 0.25) is 5.88 Å². The van der Waals surface area contributed by atoms with Crippen molar-refractivity contribution in [2.24, 2.45) is 0 Å². The first-order valence-electron chi connectivity index (χ1n) is 14.0. The number of aromatic nitrogens is 1. The maximum Gasteiger partial charge on any atom is 0.410 e. The third-order valence-corrected chi connectivity index (χ3v) is 9.35. The van der Waals surface area contributed by atoms with Crippen LogP contribution in [0.5, 0.6) is 5.88 Å². The predicted molar refractivity (Wildman–Crippen MR) is 150 cm³/mol. The van der Waals surface area contributed by atoms with Gasteiger partial charge in [-0.05, 0) is 81.1 Å².